The van der Waals surface area contributed by atoms with Gasteiger partial charge in [0.1, 0.15) is 0 Å². The number of carbonyl (C=O) groups is 1. The number of nitrogens with zero attached hydrogens (tertiary/aromatic N) is 1. The van der Waals surface area contributed by atoms with E-state index in [1.165, 1.54) is 0 Å². The third-order valence-electron chi connectivity index (χ3n) is 3.33. The van der Waals surface area contributed by atoms with Crippen molar-refractivity contribution in [3.05, 3.63) is 32.4 Å². The van der Waals surface area contributed by atoms with Crippen molar-refractivity contribution in [1.29, 1.82) is 0 Å². The molecule has 2 N–H and O–H groups in total. The number of nitrogens with two attached hydrogens (primary N) is 1. The Balaban J connectivity index is 2.21. The molecule has 3 nitrogen and oxygen atoms in total. The number of likely N-dealkylation sites (tertiary alicyclic amines) is 1. The van der Waals surface area contributed by atoms with Crippen molar-refractivity contribution in [2.24, 2.45) is 5.73 Å². The summed E-state index contributed by atoms with van der Waals surface area (Å²) in [5.41, 5.74) is 6.40. The summed E-state index contributed by atoms with van der Waals surface area (Å²) in [4.78, 5) is 14.3. The van der Waals surface area contributed by atoms with Gasteiger partial charge in [-0.2, -0.15) is 0 Å². The van der Waals surface area contributed by atoms with Crippen LogP contribution in [0.5, 0.6) is 0 Å². The molecule has 1 fully saturated rings. The van der Waals surface area contributed by atoms with Crippen LogP contribution < -0.4 is 5.73 Å². The van der Waals surface area contributed by atoms with Crippen molar-refractivity contribution in [3.63, 3.8) is 0 Å². The Morgan fingerprint density at radius 3 is 2.94 bits per heavy atom. The third kappa shape index (κ3) is 2.97. The minimum atomic E-state index is 0.0449. The highest BCUT2D eigenvalue weighted by molar-refractivity contribution is 14.1. The van der Waals surface area contributed by atoms with E-state index in [0.717, 1.165) is 29.4 Å². The standard InChI is InChI=1S/C13H16ClIN2O/c14-11-7-9(4-5-12(11)15)13(18)17-6-2-1-3-10(17)8-16/h4-5,7,10H,1-3,6,8,16H2. The second-order valence-corrected chi connectivity index (χ2v) is 6.08. The molecule has 5 heteroatoms. The van der Waals surface area contributed by atoms with Crippen molar-refractivity contribution >= 4 is 40.1 Å². The first kappa shape index (κ1) is 14.1. The minimum absolute atomic E-state index is 0.0449. The zero-order valence-corrected chi connectivity index (χ0v) is 12.9. The molecule has 98 valence electrons. The van der Waals surface area contributed by atoms with E-state index < -0.39 is 0 Å². The molecule has 0 saturated carbocycles. The molecular weight excluding hydrogens is 363 g/mol. The molecule has 0 bridgehead atoms. The summed E-state index contributed by atoms with van der Waals surface area (Å²) in [6.45, 7) is 1.33. The third-order valence-corrected chi connectivity index (χ3v) is 4.90. The lowest BCUT2D eigenvalue weighted by atomic mass is 10.0. The summed E-state index contributed by atoms with van der Waals surface area (Å²) in [6, 6.07) is 5.62. The number of amides is 1. The molecule has 0 aliphatic carbocycles. The van der Waals surface area contributed by atoms with Crippen molar-refractivity contribution < 1.29 is 4.79 Å². The van der Waals surface area contributed by atoms with Gasteiger partial charge in [0.15, 0.2) is 0 Å². The van der Waals surface area contributed by atoms with E-state index in [-0.39, 0.29) is 11.9 Å². The van der Waals surface area contributed by atoms with Gasteiger partial charge >= 0.3 is 0 Å². The van der Waals surface area contributed by atoms with Gasteiger partial charge in [0, 0.05) is 28.3 Å². The molecule has 1 atom stereocenters. The molecule has 0 radical (unpaired) electrons. The van der Waals surface area contributed by atoms with E-state index >= 15 is 0 Å². The second-order valence-electron chi connectivity index (χ2n) is 4.51. The Bertz CT molecular complexity index is 453. The lowest BCUT2D eigenvalue weighted by molar-refractivity contribution is 0.0623. The maximum absolute atomic E-state index is 12.4. The van der Waals surface area contributed by atoms with Crippen LogP contribution in [0.4, 0.5) is 0 Å². The maximum Gasteiger partial charge on any atom is 0.254 e. The first-order valence-corrected chi connectivity index (χ1v) is 7.55. The van der Waals surface area contributed by atoms with Crippen LogP contribution in [0.25, 0.3) is 0 Å². The highest BCUT2D eigenvalue weighted by Gasteiger charge is 2.26. The summed E-state index contributed by atoms with van der Waals surface area (Å²) in [5.74, 6) is 0.0449. The molecule has 1 saturated heterocycles. The Kier molecular flexibility index (Phi) is 4.86. The number of benzene rings is 1. The second kappa shape index (κ2) is 6.21. The van der Waals surface area contributed by atoms with Crippen LogP contribution in [-0.4, -0.2) is 29.9 Å². The Morgan fingerprint density at radius 1 is 1.50 bits per heavy atom. The van der Waals surface area contributed by atoms with Crippen LogP contribution in [0.1, 0.15) is 29.6 Å². The molecular formula is C13H16ClIN2O. The van der Waals surface area contributed by atoms with Crippen LogP contribution in [0.3, 0.4) is 0 Å². The van der Waals surface area contributed by atoms with E-state index in [9.17, 15) is 4.79 Å². The van der Waals surface area contributed by atoms with Gasteiger partial charge in [0.05, 0.1) is 5.02 Å². The van der Waals surface area contributed by atoms with Crippen LogP contribution in [0.15, 0.2) is 18.2 Å². The van der Waals surface area contributed by atoms with Crippen molar-refractivity contribution in [3.8, 4) is 0 Å². The van der Waals surface area contributed by atoms with Gasteiger partial charge < -0.3 is 10.6 Å². The zero-order chi connectivity index (χ0) is 13.1. The summed E-state index contributed by atoms with van der Waals surface area (Å²) < 4.78 is 0.958. The van der Waals surface area contributed by atoms with Gasteiger partial charge in [-0.05, 0) is 60.1 Å². The smallest absolute Gasteiger partial charge is 0.254 e. The quantitative estimate of drug-likeness (QED) is 0.804. The van der Waals surface area contributed by atoms with E-state index in [1.807, 2.05) is 17.0 Å². The van der Waals surface area contributed by atoms with Gasteiger partial charge in [0.25, 0.3) is 5.91 Å². The average Bonchev–Trinajstić information content (AvgIpc) is 2.41. The number of halogens is 2. The van der Waals surface area contributed by atoms with E-state index in [4.69, 9.17) is 17.3 Å². The first-order valence-electron chi connectivity index (χ1n) is 6.09. The van der Waals surface area contributed by atoms with Crippen LogP contribution in [0, 0.1) is 3.57 Å². The average molecular weight is 379 g/mol. The number of rotatable bonds is 2. The fourth-order valence-electron chi connectivity index (χ4n) is 2.31. The highest BCUT2D eigenvalue weighted by Crippen LogP contribution is 2.23. The van der Waals surface area contributed by atoms with Crippen molar-refractivity contribution in [2.45, 2.75) is 25.3 Å². The molecule has 1 aliphatic rings. The lowest BCUT2D eigenvalue weighted by Gasteiger charge is -2.35. The molecule has 0 spiro atoms. The fourth-order valence-corrected chi connectivity index (χ4v) is 2.82. The zero-order valence-electron chi connectivity index (χ0n) is 10.0. The molecule has 1 amide bonds. The monoisotopic (exact) mass is 378 g/mol. The highest BCUT2D eigenvalue weighted by atomic mass is 127. The van der Waals surface area contributed by atoms with Crippen molar-refractivity contribution in [1.82, 2.24) is 4.90 Å². The summed E-state index contributed by atoms with van der Waals surface area (Å²) in [6.07, 6.45) is 3.21. The molecule has 1 aromatic carbocycles. The molecule has 18 heavy (non-hydrogen) atoms. The molecule has 1 heterocycles. The van der Waals surface area contributed by atoms with Crippen LogP contribution in [-0.2, 0) is 0 Å². The fraction of sp³-hybridized carbons (Fsp3) is 0.462. The summed E-state index contributed by atoms with van der Waals surface area (Å²) in [5, 5.41) is 0.628. The molecule has 1 aromatic rings. The lowest BCUT2D eigenvalue weighted by Crippen LogP contribution is -2.47. The van der Waals surface area contributed by atoms with Gasteiger partial charge in [0.2, 0.25) is 0 Å². The first-order chi connectivity index (χ1) is 8.63. The largest absolute Gasteiger partial charge is 0.334 e. The van der Waals surface area contributed by atoms with Gasteiger partial charge in [-0.25, -0.2) is 0 Å². The normalized spacial score (nSPS) is 19.9. The van der Waals surface area contributed by atoms with Gasteiger partial charge in [-0.15, -0.1) is 0 Å². The molecule has 2 rings (SSSR count). The number of hydrogen-bond acceptors (Lipinski definition) is 2. The Hall–Kier alpha value is -0.330. The predicted molar refractivity (Wildman–Crippen MR) is 81.9 cm³/mol. The molecule has 0 aromatic heterocycles. The maximum atomic E-state index is 12.4. The molecule has 1 aliphatic heterocycles. The minimum Gasteiger partial charge on any atom is -0.334 e. The van der Waals surface area contributed by atoms with Gasteiger partial charge in [-0.1, -0.05) is 11.6 Å². The topological polar surface area (TPSA) is 46.3 Å². The number of hydrogen-bond donors (Lipinski definition) is 1. The summed E-state index contributed by atoms with van der Waals surface area (Å²) >= 11 is 8.22. The summed E-state index contributed by atoms with van der Waals surface area (Å²) in [7, 11) is 0. The van der Waals surface area contributed by atoms with E-state index in [2.05, 4.69) is 22.6 Å². The Labute approximate surface area is 126 Å². The van der Waals surface area contributed by atoms with E-state index in [1.54, 1.807) is 6.07 Å². The number of piperidine rings is 1. The van der Waals surface area contributed by atoms with E-state index in [0.29, 0.717) is 17.1 Å². The van der Waals surface area contributed by atoms with Crippen LogP contribution in [0.2, 0.25) is 5.02 Å². The number of carbonyl (C=O) groups excluding carboxylic acids is 1. The van der Waals surface area contributed by atoms with Crippen molar-refractivity contribution in [2.75, 3.05) is 13.1 Å². The molecule has 1 unspecified atom stereocenters. The SMILES string of the molecule is NCC1CCCCN1C(=O)c1ccc(I)c(Cl)c1. The van der Waals surface area contributed by atoms with Crippen LogP contribution >= 0.6 is 34.2 Å². The van der Waals surface area contributed by atoms with Gasteiger partial charge in [-0.3, -0.25) is 4.79 Å². The Morgan fingerprint density at radius 2 is 2.28 bits per heavy atom. The predicted octanol–water partition coefficient (Wildman–Crippen LogP) is 2.90.